The summed E-state index contributed by atoms with van der Waals surface area (Å²) in [4.78, 5) is 7.71. The SMILES string of the molecule is CNCCc1nc(-c2ccc(F)c(C)c2)c(Br)[nH]1. The van der Waals surface area contributed by atoms with Crippen molar-refractivity contribution in [3.05, 3.63) is 40.0 Å². The molecule has 5 heteroatoms. The number of nitrogens with one attached hydrogen (secondary N) is 2. The average molecular weight is 312 g/mol. The molecule has 1 aromatic heterocycles. The van der Waals surface area contributed by atoms with E-state index in [-0.39, 0.29) is 5.82 Å². The summed E-state index contributed by atoms with van der Waals surface area (Å²) in [6.07, 6.45) is 0.829. The van der Waals surface area contributed by atoms with E-state index in [0.717, 1.165) is 34.7 Å². The number of aromatic amines is 1. The molecule has 0 atom stereocenters. The quantitative estimate of drug-likeness (QED) is 0.911. The molecule has 96 valence electrons. The molecule has 2 rings (SSSR count). The van der Waals surface area contributed by atoms with Crippen molar-refractivity contribution in [2.24, 2.45) is 0 Å². The van der Waals surface area contributed by atoms with Gasteiger partial charge in [0.2, 0.25) is 0 Å². The van der Waals surface area contributed by atoms with E-state index >= 15 is 0 Å². The van der Waals surface area contributed by atoms with Crippen molar-refractivity contribution in [2.45, 2.75) is 13.3 Å². The molecule has 0 spiro atoms. The van der Waals surface area contributed by atoms with Crippen molar-refractivity contribution in [3.63, 3.8) is 0 Å². The van der Waals surface area contributed by atoms with Crippen LogP contribution >= 0.6 is 15.9 Å². The van der Waals surface area contributed by atoms with Crippen LogP contribution in [0.25, 0.3) is 11.3 Å². The summed E-state index contributed by atoms with van der Waals surface area (Å²) in [6.45, 7) is 2.61. The smallest absolute Gasteiger partial charge is 0.126 e. The molecule has 2 N–H and O–H groups in total. The number of aryl methyl sites for hydroxylation is 1. The van der Waals surface area contributed by atoms with E-state index in [4.69, 9.17) is 0 Å². The molecule has 1 heterocycles. The van der Waals surface area contributed by atoms with E-state index in [1.165, 1.54) is 6.07 Å². The van der Waals surface area contributed by atoms with Crippen molar-refractivity contribution in [3.8, 4) is 11.3 Å². The van der Waals surface area contributed by atoms with Crippen molar-refractivity contribution in [1.82, 2.24) is 15.3 Å². The monoisotopic (exact) mass is 311 g/mol. The molecule has 0 bridgehead atoms. The first-order valence-corrected chi connectivity index (χ1v) is 6.56. The number of rotatable bonds is 4. The van der Waals surface area contributed by atoms with Crippen LogP contribution < -0.4 is 5.32 Å². The Balaban J connectivity index is 2.32. The maximum atomic E-state index is 13.2. The Bertz CT molecular complexity index is 551. The number of H-pyrrole nitrogens is 1. The third-order valence-corrected chi connectivity index (χ3v) is 3.33. The molecular weight excluding hydrogens is 297 g/mol. The lowest BCUT2D eigenvalue weighted by Crippen LogP contribution is -2.11. The molecule has 3 nitrogen and oxygen atoms in total. The Kier molecular flexibility index (Phi) is 4.14. The van der Waals surface area contributed by atoms with Crippen LogP contribution in [0.1, 0.15) is 11.4 Å². The van der Waals surface area contributed by atoms with E-state index in [2.05, 4.69) is 31.2 Å². The van der Waals surface area contributed by atoms with Gasteiger partial charge in [0.05, 0.1) is 0 Å². The minimum atomic E-state index is -0.194. The fourth-order valence-electron chi connectivity index (χ4n) is 1.74. The number of benzene rings is 1. The van der Waals surface area contributed by atoms with Gasteiger partial charge < -0.3 is 10.3 Å². The van der Waals surface area contributed by atoms with Crippen LogP contribution in [0.2, 0.25) is 0 Å². The molecule has 18 heavy (non-hydrogen) atoms. The second kappa shape index (κ2) is 5.63. The predicted molar refractivity (Wildman–Crippen MR) is 74.0 cm³/mol. The van der Waals surface area contributed by atoms with Gasteiger partial charge in [0, 0.05) is 18.5 Å². The number of aromatic nitrogens is 2. The van der Waals surface area contributed by atoms with Gasteiger partial charge in [-0.1, -0.05) is 0 Å². The summed E-state index contributed by atoms with van der Waals surface area (Å²) in [5.74, 6) is 0.717. The first-order valence-electron chi connectivity index (χ1n) is 5.77. The topological polar surface area (TPSA) is 40.7 Å². The van der Waals surface area contributed by atoms with E-state index in [0.29, 0.717) is 5.56 Å². The van der Waals surface area contributed by atoms with Gasteiger partial charge in [0.1, 0.15) is 21.9 Å². The Morgan fingerprint density at radius 1 is 1.44 bits per heavy atom. The molecule has 0 saturated heterocycles. The first kappa shape index (κ1) is 13.2. The van der Waals surface area contributed by atoms with Gasteiger partial charge in [-0.2, -0.15) is 0 Å². The van der Waals surface area contributed by atoms with E-state index in [9.17, 15) is 4.39 Å². The number of likely N-dealkylation sites (N-methyl/N-ethyl adjacent to an activating group) is 1. The van der Waals surface area contributed by atoms with Gasteiger partial charge in [-0.25, -0.2) is 9.37 Å². The third-order valence-electron chi connectivity index (χ3n) is 2.75. The number of hydrogen-bond acceptors (Lipinski definition) is 2. The van der Waals surface area contributed by atoms with E-state index in [1.54, 1.807) is 19.1 Å². The Hall–Kier alpha value is -1.20. The van der Waals surface area contributed by atoms with Crippen molar-refractivity contribution in [2.75, 3.05) is 13.6 Å². The van der Waals surface area contributed by atoms with Crippen LogP contribution in [-0.4, -0.2) is 23.6 Å². The molecule has 0 unspecified atom stereocenters. The summed E-state index contributed by atoms with van der Waals surface area (Å²) in [5.41, 5.74) is 2.36. The summed E-state index contributed by atoms with van der Waals surface area (Å²) in [7, 11) is 1.90. The van der Waals surface area contributed by atoms with Gasteiger partial charge in [-0.3, -0.25) is 0 Å². The first-order chi connectivity index (χ1) is 8.61. The zero-order valence-electron chi connectivity index (χ0n) is 10.3. The van der Waals surface area contributed by atoms with Crippen LogP contribution in [-0.2, 0) is 6.42 Å². The highest BCUT2D eigenvalue weighted by Crippen LogP contribution is 2.27. The second-order valence-electron chi connectivity index (χ2n) is 4.16. The summed E-state index contributed by atoms with van der Waals surface area (Å²) in [5, 5.41) is 3.08. The molecule has 0 aliphatic rings. The Morgan fingerprint density at radius 3 is 2.89 bits per heavy atom. The normalized spacial score (nSPS) is 10.9. The minimum Gasteiger partial charge on any atom is -0.336 e. The molecule has 0 aliphatic carbocycles. The van der Waals surface area contributed by atoms with Crippen molar-refractivity contribution in [1.29, 1.82) is 0 Å². The second-order valence-corrected chi connectivity index (χ2v) is 4.96. The molecular formula is C13H15BrFN3. The molecule has 1 aromatic carbocycles. The Labute approximate surface area is 114 Å². The van der Waals surface area contributed by atoms with Crippen LogP contribution in [0.4, 0.5) is 4.39 Å². The summed E-state index contributed by atoms with van der Waals surface area (Å²) < 4.78 is 14.1. The van der Waals surface area contributed by atoms with Crippen LogP contribution in [0, 0.1) is 12.7 Å². The molecule has 0 fully saturated rings. The average Bonchev–Trinajstić information content (AvgIpc) is 2.71. The minimum absolute atomic E-state index is 0.194. The lowest BCUT2D eigenvalue weighted by Gasteiger charge is -2.01. The maximum Gasteiger partial charge on any atom is 0.126 e. The number of imidazole rings is 1. The van der Waals surface area contributed by atoms with Gasteiger partial charge in [-0.05, 0) is 53.7 Å². The zero-order valence-corrected chi connectivity index (χ0v) is 11.9. The van der Waals surface area contributed by atoms with Crippen LogP contribution in [0.3, 0.4) is 0 Å². The van der Waals surface area contributed by atoms with Gasteiger partial charge in [-0.15, -0.1) is 0 Å². The Morgan fingerprint density at radius 2 is 2.22 bits per heavy atom. The highest BCUT2D eigenvalue weighted by molar-refractivity contribution is 9.10. The van der Waals surface area contributed by atoms with Gasteiger partial charge >= 0.3 is 0 Å². The standard InChI is InChI=1S/C13H15BrFN3/c1-8-7-9(3-4-10(8)15)12-13(14)18-11(17-12)5-6-16-2/h3-4,7,16H,5-6H2,1-2H3,(H,17,18). The molecule has 0 amide bonds. The van der Waals surface area contributed by atoms with Gasteiger partial charge in [0.25, 0.3) is 0 Å². The highest BCUT2D eigenvalue weighted by atomic mass is 79.9. The predicted octanol–water partition coefficient (Wildman–Crippen LogP) is 3.05. The number of halogens is 2. The lowest BCUT2D eigenvalue weighted by atomic mass is 10.1. The van der Waals surface area contributed by atoms with E-state index < -0.39 is 0 Å². The highest BCUT2D eigenvalue weighted by Gasteiger charge is 2.11. The molecule has 2 aromatic rings. The fourth-order valence-corrected chi connectivity index (χ4v) is 2.29. The van der Waals surface area contributed by atoms with E-state index in [1.807, 2.05) is 7.05 Å². The largest absolute Gasteiger partial charge is 0.336 e. The molecule has 0 radical (unpaired) electrons. The number of nitrogens with zero attached hydrogens (tertiary/aromatic N) is 1. The zero-order chi connectivity index (χ0) is 13.1. The molecule has 0 saturated carbocycles. The summed E-state index contributed by atoms with van der Waals surface area (Å²) in [6, 6.07) is 5.02. The third kappa shape index (κ3) is 2.79. The van der Waals surface area contributed by atoms with Crippen LogP contribution in [0.15, 0.2) is 22.8 Å². The maximum absolute atomic E-state index is 13.2. The molecule has 0 aliphatic heterocycles. The van der Waals surface area contributed by atoms with Crippen molar-refractivity contribution < 1.29 is 4.39 Å². The van der Waals surface area contributed by atoms with Crippen LogP contribution in [0.5, 0.6) is 0 Å². The fraction of sp³-hybridized carbons (Fsp3) is 0.308. The lowest BCUT2D eigenvalue weighted by molar-refractivity contribution is 0.619. The number of hydrogen-bond donors (Lipinski definition) is 2. The van der Waals surface area contributed by atoms with Gasteiger partial charge in [0.15, 0.2) is 0 Å². The van der Waals surface area contributed by atoms with Crippen molar-refractivity contribution >= 4 is 15.9 Å². The summed E-state index contributed by atoms with van der Waals surface area (Å²) >= 11 is 3.46.